The van der Waals surface area contributed by atoms with Gasteiger partial charge in [-0.1, -0.05) is 58.6 Å². The standard InChI is InChI=1S/C30H54N4O6/c1-8-9-10-11-15-18-24-19-16-13-12-14-17-23(28(36)33(4)5)21-26(29(37)34(6)39-7)31-27(35)25(20-22(2)3)32-30(38)40-24/h12,14,22-26H,8-11,13,15-21H2,1-7H3,(H,31,35)(H,32,38)/b14-12+/t23?,24?,25-,26+/m0/s1. The smallest absolute Gasteiger partial charge is 0.408 e. The third kappa shape index (κ3) is 13.6. The fraction of sp³-hybridized carbons (Fsp3) is 0.800. The maximum absolute atomic E-state index is 13.5. The summed E-state index contributed by atoms with van der Waals surface area (Å²) >= 11 is 0. The molecule has 4 amide bonds. The Kier molecular flexibility index (Phi) is 17.2. The van der Waals surface area contributed by atoms with Gasteiger partial charge >= 0.3 is 6.09 Å². The molecule has 0 aromatic rings. The molecule has 0 saturated carbocycles. The van der Waals surface area contributed by atoms with Crippen LogP contribution in [0.1, 0.15) is 97.8 Å². The number of likely N-dealkylation sites (N-methyl/N-ethyl adjacent to an activating group) is 1. The van der Waals surface area contributed by atoms with Crippen LogP contribution in [0.3, 0.4) is 0 Å². The number of carbonyl (C=O) groups is 4. The highest BCUT2D eigenvalue weighted by Crippen LogP contribution is 2.20. The Balaban J connectivity index is 3.26. The van der Waals surface area contributed by atoms with E-state index in [-0.39, 0.29) is 24.3 Å². The maximum Gasteiger partial charge on any atom is 0.408 e. The van der Waals surface area contributed by atoms with Gasteiger partial charge in [0.25, 0.3) is 5.91 Å². The molecule has 0 aromatic heterocycles. The molecule has 10 heteroatoms. The van der Waals surface area contributed by atoms with Crippen LogP contribution in [0.25, 0.3) is 0 Å². The number of ether oxygens (including phenoxy) is 1. The van der Waals surface area contributed by atoms with Gasteiger partial charge in [0.15, 0.2) is 0 Å². The first-order chi connectivity index (χ1) is 19.0. The van der Waals surface area contributed by atoms with E-state index in [2.05, 4.69) is 17.6 Å². The molecule has 0 bridgehead atoms. The quantitative estimate of drug-likeness (QED) is 0.215. The van der Waals surface area contributed by atoms with Gasteiger partial charge in [-0.05, 0) is 57.3 Å². The van der Waals surface area contributed by atoms with Crippen molar-refractivity contribution in [3.8, 4) is 0 Å². The lowest BCUT2D eigenvalue weighted by Crippen LogP contribution is -2.55. The summed E-state index contributed by atoms with van der Waals surface area (Å²) in [5.41, 5.74) is 0. The Morgan fingerprint density at radius 1 is 1.05 bits per heavy atom. The molecule has 2 unspecified atom stereocenters. The third-order valence-electron chi connectivity index (χ3n) is 7.21. The van der Waals surface area contributed by atoms with E-state index in [1.807, 2.05) is 26.0 Å². The number of nitrogens with one attached hydrogen (secondary N) is 2. The summed E-state index contributed by atoms with van der Waals surface area (Å²) in [6, 6.07) is -1.91. The fourth-order valence-corrected chi connectivity index (χ4v) is 4.86. The van der Waals surface area contributed by atoms with Crippen LogP contribution in [0.2, 0.25) is 0 Å². The van der Waals surface area contributed by atoms with Crippen LogP contribution < -0.4 is 10.6 Å². The SMILES string of the molecule is CCCCCCCC1CCC/C=C/CC(C(=O)N(C)C)C[C@H](C(=O)N(C)OC)NC(=O)[C@H](CC(C)C)NC(=O)O1. The van der Waals surface area contributed by atoms with E-state index in [1.54, 1.807) is 14.1 Å². The van der Waals surface area contributed by atoms with Crippen LogP contribution in [0.15, 0.2) is 12.2 Å². The van der Waals surface area contributed by atoms with Crippen LogP contribution >= 0.6 is 0 Å². The minimum Gasteiger partial charge on any atom is -0.446 e. The molecule has 10 nitrogen and oxygen atoms in total. The molecule has 40 heavy (non-hydrogen) atoms. The number of unbranched alkanes of at least 4 members (excludes halogenated alkanes) is 4. The zero-order valence-electron chi connectivity index (χ0n) is 25.9. The number of hydrogen-bond donors (Lipinski definition) is 2. The summed E-state index contributed by atoms with van der Waals surface area (Å²) in [5, 5.41) is 6.60. The van der Waals surface area contributed by atoms with E-state index >= 15 is 0 Å². The number of carbonyl (C=O) groups excluding carboxylic acids is 4. The van der Waals surface area contributed by atoms with Crippen molar-refractivity contribution in [2.24, 2.45) is 11.8 Å². The number of allylic oxidation sites excluding steroid dienone is 2. The van der Waals surface area contributed by atoms with Gasteiger partial charge in [0.2, 0.25) is 11.8 Å². The van der Waals surface area contributed by atoms with E-state index < -0.39 is 35.9 Å². The molecule has 1 heterocycles. The average Bonchev–Trinajstić information content (AvgIpc) is 2.90. The number of amides is 4. The first-order valence-electron chi connectivity index (χ1n) is 14.9. The average molecular weight is 567 g/mol. The van der Waals surface area contributed by atoms with Gasteiger partial charge < -0.3 is 20.3 Å². The van der Waals surface area contributed by atoms with Gasteiger partial charge in [-0.15, -0.1) is 0 Å². The molecule has 0 saturated heterocycles. The highest BCUT2D eigenvalue weighted by Gasteiger charge is 2.33. The van der Waals surface area contributed by atoms with E-state index in [1.165, 1.54) is 38.3 Å². The highest BCUT2D eigenvalue weighted by molar-refractivity contribution is 5.91. The van der Waals surface area contributed by atoms with Gasteiger partial charge in [-0.3, -0.25) is 19.2 Å². The lowest BCUT2D eigenvalue weighted by Gasteiger charge is -2.29. The predicted molar refractivity (Wildman–Crippen MR) is 156 cm³/mol. The summed E-state index contributed by atoms with van der Waals surface area (Å²) < 4.78 is 5.82. The summed E-state index contributed by atoms with van der Waals surface area (Å²) in [6.07, 6.45) is 12.8. The Morgan fingerprint density at radius 2 is 1.75 bits per heavy atom. The van der Waals surface area contributed by atoms with Crippen LogP contribution in [-0.4, -0.2) is 80.2 Å². The van der Waals surface area contributed by atoms with E-state index in [0.29, 0.717) is 12.8 Å². The second-order valence-corrected chi connectivity index (χ2v) is 11.4. The largest absolute Gasteiger partial charge is 0.446 e. The minimum absolute atomic E-state index is 0.0958. The molecular weight excluding hydrogens is 512 g/mol. The van der Waals surface area contributed by atoms with E-state index in [9.17, 15) is 19.2 Å². The Hall–Kier alpha value is -2.62. The monoisotopic (exact) mass is 566 g/mol. The molecule has 0 aromatic carbocycles. The maximum atomic E-state index is 13.5. The topological polar surface area (TPSA) is 117 Å². The minimum atomic E-state index is -1.02. The molecule has 0 aliphatic carbocycles. The second kappa shape index (κ2) is 19.5. The number of hydroxylamine groups is 2. The van der Waals surface area contributed by atoms with Crippen molar-refractivity contribution in [1.82, 2.24) is 20.6 Å². The Labute approximate surface area is 241 Å². The molecule has 1 aliphatic heterocycles. The molecular formula is C30H54N4O6. The molecule has 0 fully saturated rings. The van der Waals surface area contributed by atoms with Crippen LogP contribution in [0.4, 0.5) is 4.79 Å². The molecule has 0 radical (unpaired) electrons. The first kappa shape index (κ1) is 35.4. The molecule has 230 valence electrons. The van der Waals surface area contributed by atoms with Crippen molar-refractivity contribution in [2.75, 3.05) is 28.3 Å². The molecule has 2 N–H and O–H groups in total. The third-order valence-corrected chi connectivity index (χ3v) is 7.21. The Morgan fingerprint density at radius 3 is 2.38 bits per heavy atom. The van der Waals surface area contributed by atoms with Crippen molar-refractivity contribution in [2.45, 2.75) is 116 Å². The van der Waals surface area contributed by atoms with E-state index in [4.69, 9.17) is 9.57 Å². The molecule has 0 spiro atoms. The van der Waals surface area contributed by atoms with Crippen molar-refractivity contribution < 1.29 is 28.8 Å². The summed E-state index contributed by atoms with van der Waals surface area (Å²) in [4.78, 5) is 59.3. The van der Waals surface area contributed by atoms with Crippen LogP contribution in [0, 0.1) is 11.8 Å². The molecule has 1 aliphatic rings. The van der Waals surface area contributed by atoms with Crippen LogP contribution in [0.5, 0.6) is 0 Å². The summed E-state index contributed by atoms with van der Waals surface area (Å²) in [5.74, 6) is -1.52. The first-order valence-corrected chi connectivity index (χ1v) is 14.9. The van der Waals surface area contributed by atoms with E-state index in [0.717, 1.165) is 43.6 Å². The van der Waals surface area contributed by atoms with Crippen molar-refractivity contribution in [3.05, 3.63) is 12.2 Å². The predicted octanol–water partition coefficient (Wildman–Crippen LogP) is 4.59. The van der Waals surface area contributed by atoms with Crippen molar-refractivity contribution in [1.29, 1.82) is 0 Å². The van der Waals surface area contributed by atoms with Gasteiger partial charge in [0.1, 0.15) is 18.2 Å². The zero-order chi connectivity index (χ0) is 30.1. The zero-order valence-corrected chi connectivity index (χ0v) is 25.9. The number of hydrogen-bond acceptors (Lipinski definition) is 6. The second-order valence-electron chi connectivity index (χ2n) is 11.4. The summed E-state index contributed by atoms with van der Waals surface area (Å²) in [6.45, 7) is 6.09. The van der Waals surface area contributed by atoms with Gasteiger partial charge in [0, 0.05) is 27.1 Å². The van der Waals surface area contributed by atoms with Gasteiger partial charge in [-0.2, -0.15) is 0 Å². The van der Waals surface area contributed by atoms with Gasteiger partial charge in [-0.25, -0.2) is 9.86 Å². The summed E-state index contributed by atoms with van der Waals surface area (Å²) in [7, 11) is 6.18. The van der Waals surface area contributed by atoms with Crippen molar-refractivity contribution >= 4 is 23.8 Å². The fourth-order valence-electron chi connectivity index (χ4n) is 4.86. The Bertz CT molecular complexity index is 816. The number of alkyl carbamates (subject to hydrolysis) is 1. The number of rotatable bonds is 11. The number of cyclic esters (lactones) is 1. The number of nitrogens with zero attached hydrogens (tertiary/aromatic N) is 2. The molecule has 4 atom stereocenters. The van der Waals surface area contributed by atoms with Gasteiger partial charge in [0.05, 0.1) is 7.11 Å². The highest BCUT2D eigenvalue weighted by atomic mass is 16.7. The lowest BCUT2D eigenvalue weighted by atomic mass is 9.93. The lowest BCUT2D eigenvalue weighted by molar-refractivity contribution is -0.172. The van der Waals surface area contributed by atoms with Crippen molar-refractivity contribution in [3.63, 3.8) is 0 Å². The normalized spacial score (nSPS) is 24.0. The van der Waals surface area contributed by atoms with Crippen LogP contribution in [-0.2, 0) is 24.0 Å². The molecule has 1 rings (SSSR count).